The monoisotopic (exact) mass is 338 g/mol. The molecule has 9 heteroatoms. The second kappa shape index (κ2) is 4.48. The van der Waals surface area contributed by atoms with Gasteiger partial charge in [0.15, 0.2) is 0 Å². The molecule has 2 N–H and O–H groups in total. The van der Waals surface area contributed by atoms with E-state index in [1.165, 1.54) is 0 Å². The Balaban J connectivity index is 1.73. The third kappa shape index (κ3) is 2.44. The first kappa shape index (κ1) is 15.8. The molecule has 4 aliphatic carbocycles. The SMILES string of the molecule is O=C(OCC12CC3=CC(CC(O)(C3)C1)C2)C(F)(F)S(=O)(=O)O. The molecule has 0 spiro atoms. The zero-order valence-electron chi connectivity index (χ0n) is 11.6. The van der Waals surface area contributed by atoms with Gasteiger partial charge >= 0.3 is 21.3 Å². The average Bonchev–Trinajstić information content (AvgIpc) is 2.31. The summed E-state index contributed by atoms with van der Waals surface area (Å²) in [4.78, 5) is 11.3. The van der Waals surface area contributed by atoms with Gasteiger partial charge in [0.1, 0.15) is 0 Å². The standard InChI is InChI=1S/C13H16F2O6S/c14-13(15,22(18,19)20)10(16)21-7-11-2-8-1-9(3-11)5-12(17,4-8)6-11/h1,8,17H,2-7H2,(H,18,19,20). The molecule has 0 heterocycles. The van der Waals surface area contributed by atoms with Crippen molar-refractivity contribution >= 4 is 16.1 Å². The number of carbonyl (C=O) groups excluding carboxylic acids is 1. The highest BCUT2D eigenvalue weighted by Gasteiger charge is 2.57. The number of ether oxygens (including phenoxy) is 1. The lowest BCUT2D eigenvalue weighted by Gasteiger charge is -2.56. The highest BCUT2D eigenvalue weighted by atomic mass is 32.2. The van der Waals surface area contributed by atoms with E-state index < -0.39 is 39.0 Å². The minimum atomic E-state index is -5.86. The lowest BCUT2D eigenvalue weighted by Crippen LogP contribution is -2.54. The molecule has 22 heavy (non-hydrogen) atoms. The Hall–Kier alpha value is -1.06. The van der Waals surface area contributed by atoms with Crippen LogP contribution in [-0.4, -0.2) is 41.5 Å². The van der Waals surface area contributed by atoms with Gasteiger partial charge in [-0.05, 0) is 38.0 Å². The number of allylic oxidation sites excluding steroid dienone is 1. The van der Waals surface area contributed by atoms with E-state index in [-0.39, 0.29) is 5.92 Å². The summed E-state index contributed by atoms with van der Waals surface area (Å²) in [5, 5.41) is 5.48. The van der Waals surface area contributed by atoms with Crippen LogP contribution in [0.4, 0.5) is 8.78 Å². The third-order valence-corrected chi connectivity index (χ3v) is 5.56. The van der Waals surface area contributed by atoms with Crippen molar-refractivity contribution in [2.75, 3.05) is 6.61 Å². The van der Waals surface area contributed by atoms with Gasteiger partial charge in [0, 0.05) is 5.41 Å². The van der Waals surface area contributed by atoms with Crippen molar-refractivity contribution < 1.29 is 36.4 Å². The van der Waals surface area contributed by atoms with Crippen LogP contribution in [0.3, 0.4) is 0 Å². The Kier molecular flexibility index (Phi) is 3.22. The van der Waals surface area contributed by atoms with Crippen LogP contribution >= 0.6 is 0 Å². The Morgan fingerprint density at radius 3 is 2.64 bits per heavy atom. The van der Waals surface area contributed by atoms with Crippen LogP contribution < -0.4 is 0 Å². The molecule has 0 aromatic rings. The molecule has 124 valence electrons. The maximum atomic E-state index is 13.2. The van der Waals surface area contributed by atoms with Crippen molar-refractivity contribution in [3.63, 3.8) is 0 Å². The fourth-order valence-corrected chi connectivity index (χ4v) is 4.60. The molecular formula is C13H16F2O6S. The molecule has 3 atom stereocenters. The molecule has 0 aromatic heterocycles. The van der Waals surface area contributed by atoms with Crippen molar-refractivity contribution in [1.29, 1.82) is 0 Å². The Bertz CT molecular complexity index is 657. The Morgan fingerprint density at radius 1 is 1.41 bits per heavy atom. The fraction of sp³-hybridized carbons (Fsp3) is 0.769. The highest BCUT2D eigenvalue weighted by Crippen LogP contribution is 2.59. The predicted molar refractivity (Wildman–Crippen MR) is 69.5 cm³/mol. The van der Waals surface area contributed by atoms with Crippen molar-refractivity contribution in [2.24, 2.45) is 11.3 Å². The Morgan fingerprint density at radius 2 is 2.09 bits per heavy atom. The number of hydrogen-bond acceptors (Lipinski definition) is 5. The number of esters is 1. The maximum absolute atomic E-state index is 13.2. The van der Waals surface area contributed by atoms with Crippen LogP contribution in [0, 0.1) is 11.3 Å². The number of halogens is 2. The van der Waals surface area contributed by atoms with E-state index in [1.807, 2.05) is 0 Å². The van der Waals surface area contributed by atoms with Gasteiger partial charge in [0.25, 0.3) is 0 Å². The molecule has 4 aliphatic rings. The van der Waals surface area contributed by atoms with Gasteiger partial charge in [0.2, 0.25) is 0 Å². The molecule has 2 saturated carbocycles. The molecule has 4 rings (SSSR count). The smallest absolute Gasteiger partial charge is 0.460 e. The first-order chi connectivity index (χ1) is 9.95. The van der Waals surface area contributed by atoms with Crippen molar-refractivity contribution in [3.8, 4) is 0 Å². The minimum Gasteiger partial charge on any atom is -0.460 e. The maximum Gasteiger partial charge on any atom is 0.465 e. The van der Waals surface area contributed by atoms with Crippen molar-refractivity contribution in [2.45, 2.75) is 43.0 Å². The molecule has 0 radical (unpaired) electrons. The van der Waals surface area contributed by atoms with Gasteiger partial charge in [-0.25, -0.2) is 4.79 Å². The molecule has 6 nitrogen and oxygen atoms in total. The minimum absolute atomic E-state index is 0.122. The number of rotatable bonds is 4. The Labute approximate surface area is 125 Å². The van der Waals surface area contributed by atoms with Gasteiger partial charge in [-0.2, -0.15) is 17.2 Å². The van der Waals surface area contributed by atoms with Gasteiger partial charge in [-0.15, -0.1) is 0 Å². The van der Waals surface area contributed by atoms with Crippen LogP contribution in [0.5, 0.6) is 0 Å². The van der Waals surface area contributed by atoms with Gasteiger partial charge in [-0.1, -0.05) is 11.6 Å². The second-order valence-electron chi connectivity index (χ2n) is 6.82. The number of carbonyl (C=O) groups is 1. The lowest BCUT2D eigenvalue weighted by atomic mass is 9.52. The molecule has 0 aromatic carbocycles. The van der Waals surface area contributed by atoms with Gasteiger partial charge < -0.3 is 9.84 Å². The van der Waals surface area contributed by atoms with E-state index in [2.05, 4.69) is 10.8 Å². The second-order valence-corrected chi connectivity index (χ2v) is 8.28. The molecule has 4 bridgehead atoms. The van der Waals surface area contributed by atoms with Crippen LogP contribution in [0.15, 0.2) is 11.6 Å². The van der Waals surface area contributed by atoms with Crippen LogP contribution in [-0.2, 0) is 19.6 Å². The third-order valence-electron chi connectivity index (χ3n) is 4.74. The number of aliphatic hydroxyl groups is 1. The largest absolute Gasteiger partial charge is 0.465 e. The zero-order valence-corrected chi connectivity index (χ0v) is 12.4. The average molecular weight is 338 g/mol. The lowest BCUT2D eigenvalue weighted by molar-refractivity contribution is -0.172. The summed E-state index contributed by atoms with van der Waals surface area (Å²) in [6.07, 6.45) is 4.69. The summed E-state index contributed by atoms with van der Waals surface area (Å²) in [7, 11) is -5.86. The van der Waals surface area contributed by atoms with E-state index in [0.717, 1.165) is 5.57 Å². The van der Waals surface area contributed by atoms with Crippen LogP contribution in [0.25, 0.3) is 0 Å². The van der Waals surface area contributed by atoms with Gasteiger partial charge in [-0.3, -0.25) is 4.55 Å². The van der Waals surface area contributed by atoms with Crippen LogP contribution in [0.2, 0.25) is 0 Å². The summed E-state index contributed by atoms with van der Waals surface area (Å²) in [6.45, 7) is -0.396. The summed E-state index contributed by atoms with van der Waals surface area (Å²) >= 11 is 0. The topological polar surface area (TPSA) is 101 Å². The van der Waals surface area contributed by atoms with E-state index >= 15 is 0 Å². The predicted octanol–water partition coefficient (Wildman–Crippen LogP) is 1.26. The van der Waals surface area contributed by atoms with E-state index in [0.29, 0.717) is 32.1 Å². The summed E-state index contributed by atoms with van der Waals surface area (Å²) in [5.41, 5.74) is -0.511. The normalized spacial score (nSPS) is 37.1. The van der Waals surface area contributed by atoms with Crippen LogP contribution in [0.1, 0.15) is 32.1 Å². The number of alkyl halides is 2. The molecule has 0 amide bonds. The highest BCUT2D eigenvalue weighted by molar-refractivity contribution is 7.87. The van der Waals surface area contributed by atoms with Gasteiger partial charge in [0.05, 0.1) is 12.2 Å². The zero-order chi connectivity index (χ0) is 16.4. The van der Waals surface area contributed by atoms with E-state index in [9.17, 15) is 27.1 Å². The quantitative estimate of drug-likeness (QED) is 0.455. The molecule has 0 saturated heterocycles. The molecule has 2 fully saturated rings. The first-order valence-corrected chi connectivity index (χ1v) is 8.33. The first-order valence-electron chi connectivity index (χ1n) is 6.89. The summed E-state index contributed by atoms with van der Waals surface area (Å²) in [5.74, 6) is -2.16. The molecular weight excluding hydrogens is 322 g/mol. The molecule has 0 aliphatic heterocycles. The number of hydrogen-bond donors (Lipinski definition) is 2. The van der Waals surface area contributed by atoms with Crippen molar-refractivity contribution in [1.82, 2.24) is 0 Å². The molecule has 3 unspecified atom stereocenters. The summed E-state index contributed by atoms with van der Waals surface area (Å²) < 4.78 is 60.3. The summed E-state index contributed by atoms with van der Waals surface area (Å²) in [6, 6.07) is 0. The van der Waals surface area contributed by atoms with Crippen molar-refractivity contribution in [3.05, 3.63) is 11.6 Å². The van der Waals surface area contributed by atoms with E-state index in [1.54, 1.807) is 0 Å². The fourth-order valence-electron chi connectivity index (χ4n) is 4.33. The van der Waals surface area contributed by atoms with E-state index in [4.69, 9.17) is 4.55 Å².